The molecule has 1 aromatic heterocycles. The van der Waals surface area contributed by atoms with Gasteiger partial charge in [0.05, 0.1) is 18.0 Å². The standard InChI is InChI=1S/C17H21ClN4O2S/c1-4-22-15(11-5-6-11)20-21-17(22)25-10(2)16(23)19-13-9-12(18)7-8-14(13)24-3/h7-11H,4-6H2,1-3H3,(H,19,23). The number of halogens is 1. The number of nitrogens with zero attached hydrogens (tertiary/aromatic N) is 3. The van der Waals surface area contributed by atoms with Crippen molar-refractivity contribution in [1.82, 2.24) is 14.8 Å². The number of rotatable bonds is 7. The summed E-state index contributed by atoms with van der Waals surface area (Å²) in [5.41, 5.74) is 0.558. The molecule has 1 amide bonds. The number of amides is 1. The van der Waals surface area contributed by atoms with Crippen molar-refractivity contribution in [1.29, 1.82) is 0 Å². The summed E-state index contributed by atoms with van der Waals surface area (Å²) in [5.74, 6) is 2.00. The summed E-state index contributed by atoms with van der Waals surface area (Å²) in [6.07, 6.45) is 2.35. The first-order chi connectivity index (χ1) is 12.0. The summed E-state index contributed by atoms with van der Waals surface area (Å²) in [7, 11) is 1.56. The molecule has 1 N–H and O–H groups in total. The Morgan fingerprint density at radius 3 is 2.88 bits per heavy atom. The van der Waals surface area contributed by atoms with E-state index in [4.69, 9.17) is 16.3 Å². The van der Waals surface area contributed by atoms with Gasteiger partial charge in [0.2, 0.25) is 5.91 Å². The van der Waals surface area contributed by atoms with Gasteiger partial charge in [-0.25, -0.2) is 0 Å². The fourth-order valence-electron chi connectivity index (χ4n) is 2.55. The van der Waals surface area contributed by atoms with Crippen LogP contribution in [-0.2, 0) is 11.3 Å². The summed E-state index contributed by atoms with van der Waals surface area (Å²) in [5, 5.41) is 12.5. The van der Waals surface area contributed by atoms with Crippen LogP contribution in [0.5, 0.6) is 5.75 Å². The second kappa shape index (κ2) is 7.66. The highest BCUT2D eigenvalue weighted by Crippen LogP contribution is 2.40. The molecule has 2 aromatic rings. The first-order valence-corrected chi connectivity index (χ1v) is 9.53. The molecular formula is C17H21ClN4O2S. The van der Waals surface area contributed by atoms with Crippen LogP contribution in [-0.4, -0.2) is 33.0 Å². The first kappa shape index (κ1) is 18.1. The molecule has 0 radical (unpaired) electrons. The summed E-state index contributed by atoms with van der Waals surface area (Å²) in [4.78, 5) is 12.6. The molecule has 0 saturated heterocycles. The smallest absolute Gasteiger partial charge is 0.237 e. The summed E-state index contributed by atoms with van der Waals surface area (Å²) in [6.45, 7) is 4.72. The van der Waals surface area contributed by atoms with Crippen molar-refractivity contribution in [3.05, 3.63) is 29.0 Å². The third-order valence-electron chi connectivity index (χ3n) is 4.07. The number of hydrogen-bond acceptors (Lipinski definition) is 5. The minimum atomic E-state index is -0.328. The number of hydrogen-bond donors (Lipinski definition) is 1. The monoisotopic (exact) mass is 380 g/mol. The zero-order valence-electron chi connectivity index (χ0n) is 14.5. The van der Waals surface area contributed by atoms with E-state index in [1.807, 2.05) is 6.92 Å². The molecule has 1 saturated carbocycles. The molecule has 3 rings (SSSR count). The number of carbonyl (C=O) groups excluding carboxylic acids is 1. The SMILES string of the molecule is CCn1c(SC(C)C(=O)Nc2cc(Cl)ccc2OC)nnc1C1CC1. The van der Waals surface area contributed by atoms with E-state index in [0.29, 0.717) is 22.4 Å². The van der Waals surface area contributed by atoms with Crippen LogP contribution < -0.4 is 10.1 Å². The van der Waals surface area contributed by atoms with E-state index in [1.165, 1.54) is 24.6 Å². The lowest BCUT2D eigenvalue weighted by atomic mass is 10.3. The fraction of sp³-hybridized carbons (Fsp3) is 0.471. The van der Waals surface area contributed by atoms with Gasteiger partial charge < -0.3 is 14.6 Å². The van der Waals surface area contributed by atoms with Crippen molar-refractivity contribution in [2.24, 2.45) is 0 Å². The van der Waals surface area contributed by atoms with Gasteiger partial charge in [-0.3, -0.25) is 4.79 Å². The molecular weight excluding hydrogens is 360 g/mol. The van der Waals surface area contributed by atoms with Gasteiger partial charge >= 0.3 is 0 Å². The highest BCUT2D eigenvalue weighted by Gasteiger charge is 2.30. The van der Waals surface area contributed by atoms with Crippen molar-refractivity contribution in [2.75, 3.05) is 12.4 Å². The van der Waals surface area contributed by atoms with Crippen LogP contribution in [0.25, 0.3) is 0 Å². The zero-order valence-corrected chi connectivity index (χ0v) is 16.0. The Hall–Kier alpha value is -1.73. The van der Waals surface area contributed by atoms with Crippen molar-refractivity contribution >= 4 is 35.0 Å². The molecule has 0 aliphatic heterocycles. The van der Waals surface area contributed by atoms with Gasteiger partial charge in [-0.1, -0.05) is 23.4 Å². The molecule has 6 nitrogen and oxygen atoms in total. The summed E-state index contributed by atoms with van der Waals surface area (Å²) in [6, 6.07) is 5.12. The van der Waals surface area contributed by atoms with Crippen LogP contribution in [0.4, 0.5) is 5.69 Å². The van der Waals surface area contributed by atoms with E-state index in [0.717, 1.165) is 17.5 Å². The van der Waals surface area contributed by atoms with Gasteiger partial charge in [0.1, 0.15) is 11.6 Å². The molecule has 1 aromatic carbocycles. The molecule has 8 heteroatoms. The van der Waals surface area contributed by atoms with E-state index in [2.05, 4.69) is 27.0 Å². The predicted molar refractivity (Wildman–Crippen MR) is 99.6 cm³/mol. The topological polar surface area (TPSA) is 69.0 Å². The Labute approximate surface area is 156 Å². The fourth-order valence-corrected chi connectivity index (χ4v) is 3.64. The quantitative estimate of drug-likeness (QED) is 0.736. The Morgan fingerprint density at radius 1 is 1.48 bits per heavy atom. The summed E-state index contributed by atoms with van der Waals surface area (Å²) >= 11 is 7.42. The number of thioether (sulfide) groups is 1. The normalized spacial score (nSPS) is 15.0. The second-order valence-corrected chi connectivity index (χ2v) is 7.70. The molecule has 0 bridgehead atoms. The minimum absolute atomic E-state index is 0.135. The minimum Gasteiger partial charge on any atom is -0.495 e. The second-order valence-electron chi connectivity index (χ2n) is 5.95. The van der Waals surface area contributed by atoms with Crippen LogP contribution in [0.1, 0.15) is 38.4 Å². The van der Waals surface area contributed by atoms with E-state index in [1.54, 1.807) is 25.3 Å². The maximum absolute atomic E-state index is 12.6. The number of nitrogens with one attached hydrogen (secondary N) is 1. The maximum Gasteiger partial charge on any atom is 0.237 e. The Kier molecular flexibility index (Phi) is 5.54. The Balaban J connectivity index is 1.70. The number of benzene rings is 1. The van der Waals surface area contributed by atoms with Crippen molar-refractivity contribution in [2.45, 2.75) is 49.6 Å². The number of carbonyl (C=O) groups is 1. The molecule has 1 unspecified atom stereocenters. The highest BCUT2D eigenvalue weighted by molar-refractivity contribution is 8.00. The van der Waals surface area contributed by atoms with Crippen LogP contribution in [0.2, 0.25) is 5.02 Å². The number of anilines is 1. The van der Waals surface area contributed by atoms with E-state index in [-0.39, 0.29) is 11.2 Å². The third kappa shape index (κ3) is 4.10. The largest absolute Gasteiger partial charge is 0.495 e. The van der Waals surface area contributed by atoms with Crippen molar-refractivity contribution < 1.29 is 9.53 Å². The number of ether oxygens (including phenoxy) is 1. The van der Waals surface area contributed by atoms with Crippen molar-refractivity contribution in [3.8, 4) is 5.75 Å². The van der Waals surface area contributed by atoms with Gasteiger partial charge in [0.25, 0.3) is 0 Å². The van der Waals surface area contributed by atoms with Gasteiger partial charge in [0, 0.05) is 17.5 Å². The van der Waals surface area contributed by atoms with E-state index >= 15 is 0 Å². The lowest BCUT2D eigenvalue weighted by Gasteiger charge is -2.14. The third-order valence-corrected chi connectivity index (χ3v) is 5.39. The van der Waals surface area contributed by atoms with E-state index in [9.17, 15) is 4.79 Å². The molecule has 1 aliphatic carbocycles. The van der Waals surface area contributed by atoms with Gasteiger partial charge in [-0.05, 0) is 44.9 Å². The highest BCUT2D eigenvalue weighted by atomic mass is 35.5. The van der Waals surface area contributed by atoms with Gasteiger partial charge in [-0.2, -0.15) is 0 Å². The lowest BCUT2D eigenvalue weighted by molar-refractivity contribution is -0.115. The Morgan fingerprint density at radius 2 is 2.24 bits per heavy atom. The number of methoxy groups -OCH3 is 1. The predicted octanol–water partition coefficient (Wildman–Crippen LogP) is 3.96. The number of aromatic nitrogens is 3. The molecule has 0 spiro atoms. The molecule has 1 aliphatic rings. The molecule has 1 heterocycles. The van der Waals surface area contributed by atoms with Gasteiger partial charge in [0.15, 0.2) is 5.16 Å². The molecule has 1 atom stereocenters. The van der Waals surface area contributed by atoms with E-state index < -0.39 is 0 Å². The molecule has 134 valence electrons. The molecule has 25 heavy (non-hydrogen) atoms. The molecule has 1 fully saturated rings. The van der Waals surface area contributed by atoms with Crippen molar-refractivity contribution in [3.63, 3.8) is 0 Å². The first-order valence-electron chi connectivity index (χ1n) is 8.27. The van der Waals surface area contributed by atoms with Crippen LogP contribution in [0.15, 0.2) is 23.4 Å². The van der Waals surface area contributed by atoms with Crippen LogP contribution in [0, 0.1) is 0 Å². The lowest BCUT2D eigenvalue weighted by Crippen LogP contribution is -2.23. The van der Waals surface area contributed by atoms with Gasteiger partial charge in [-0.15, -0.1) is 10.2 Å². The summed E-state index contributed by atoms with van der Waals surface area (Å²) < 4.78 is 7.37. The average Bonchev–Trinajstić information content (AvgIpc) is 3.36. The van der Waals surface area contributed by atoms with Crippen LogP contribution in [0.3, 0.4) is 0 Å². The zero-order chi connectivity index (χ0) is 18.0. The maximum atomic E-state index is 12.6. The average molecular weight is 381 g/mol. The Bertz CT molecular complexity index is 776. The van der Waals surface area contributed by atoms with Crippen LogP contribution >= 0.6 is 23.4 Å².